The number of amides is 2. The van der Waals surface area contributed by atoms with E-state index in [1.54, 1.807) is 56.5 Å². The van der Waals surface area contributed by atoms with Gasteiger partial charge in [-0.15, -0.1) is 0 Å². The van der Waals surface area contributed by atoms with Crippen LogP contribution in [0.5, 0.6) is 11.5 Å². The van der Waals surface area contributed by atoms with Gasteiger partial charge in [-0.2, -0.15) is 0 Å². The van der Waals surface area contributed by atoms with Crippen LogP contribution in [-0.4, -0.2) is 59.0 Å². The predicted octanol–water partition coefficient (Wildman–Crippen LogP) is 4.41. The van der Waals surface area contributed by atoms with Gasteiger partial charge in [0.25, 0.3) is 10.0 Å². The molecule has 0 aliphatic rings. The van der Waals surface area contributed by atoms with Crippen LogP contribution < -0.4 is 19.1 Å². The number of sulfonamides is 1. The molecule has 0 heterocycles. The van der Waals surface area contributed by atoms with E-state index in [2.05, 4.69) is 5.32 Å². The second-order valence-corrected chi connectivity index (χ2v) is 11.3. The van der Waals surface area contributed by atoms with Crippen molar-refractivity contribution < 1.29 is 27.5 Å². The third-order valence-electron chi connectivity index (χ3n) is 6.44. The van der Waals surface area contributed by atoms with Gasteiger partial charge >= 0.3 is 0 Å². The average Bonchev–Trinajstić information content (AvgIpc) is 2.95. The molecule has 214 valence electrons. The van der Waals surface area contributed by atoms with E-state index in [9.17, 15) is 18.0 Å². The summed E-state index contributed by atoms with van der Waals surface area (Å²) in [5, 5.41) is 2.87. The third kappa shape index (κ3) is 7.05. The molecule has 11 heteroatoms. The molecule has 9 nitrogen and oxygen atoms in total. The monoisotopic (exact) mass is 587 g/mol. The van der Waals surface area contributed by atoms with Crippen LogP contribution in [0, 0.1) is 6.92 Å². The van der Waals surface area contributed by atoms with Gasteiger partial charge in [0.15, 0.2) is 0 Å². The van der Waals surface area contributed by atoms with Crippen molar-refractivity contribution in [2.24, 2.45) is 0 Å². The highest BCUT2D eigenvalue weighted by molar-refractivity contribution is 7.92. The molecule has 0 aromatic heterocycles. The van der Waals surface area contributed by atoms with Crippen molar-refractivity contribution in [3.8, 4) is 11.5 Å². The van der Waals surface area contributed by atoms with Crippen LogP contribution in [0.3, 0.4) is 0 Å². The maximum absolute atomic E-state index is 14.0. The summed E-state index contributed by atoms with van der Waals surface area (Å²) < 4.78 is 39.7. The summed E-state index contributed by atoms with van der Waals surface area (Å²) in [6, 6.07) is 17.1. The number of halogens is 1. The van der Waals surface area contributed by atoms with E-state index in [0.29, 0.717) is 12.2 Å². The van der Waals surface area contributed by atoms with Crippen LogP contribution in [0.25, 0.3) is 0 Å². The maximum atomic E-state index is 14.0. The van der Waals surface area contributed by atoms with Gasteiger partial charge in [0.05, 0.1) is 24.8 Å². The maximum Gasteiger partial charge on any atom is 0.264 e. The number of anilines is 1. The molecule has 0 aliphatic carbocycles. The minimum atomic E-state index is -4.26. The van der Waals surface area contributed by atoms with Gasteiger partial charge in [-0.3, -0.25) is 13.9 Å². The molecule has 0 radical (unpaired) electrons. The Labute approximate surface area is 240 Å². The van der Waals surface area contributed by atoms with Crippen molar-refractivity contribution in [2.75, 3.05) is 32.1 Å². The number of nitrogens with zero attached hydrogens (tertiary/aromatic N) is 2. The number of benzene rings is 3. The molecule has 0 aliphatic heterocycles. The normalized spacial score (nSPS) is 11.8. The lowest BCUT2D eigenvalue weighted by atomic mass is 10.1. The highest BCUT2D eigenvalue weighted by Crippen LogP contribution is 2.35. The number of ether oxygens (including phenoxy) is 2. The van der Waals surface area contributed by atoms with Gasteiger partial charge in [-0.1, -0.05) is 48.4 Å². The van der Waals surface area contributed by atoms with Crippen molar-refractivity contribution in [3.63, 3.8) is 0 Å². The van der Waals surface area contributed by atoms with E-state index in [4.69, 9.17) is 21.1 Å². The summed E-state index contributed by atoms with van der Waals surface area (Å²) in [4.78, 5) is 28.2. The van der Waals surface area contributed by atoms with Crippen molar-refractivity contribution in [1.29, 1.82) is 0 Å². The molecule has 1 N–H and O–H groups in total. The van der Waals surface area contributed by atoms with E-state index in [0.717, 1.165) is 15.4 Å². The van der Waals surface area contributed by atoms with Gasteiger partial charge in [0.2, 0.25) is 11.8 Å². The zero-order chi connectivity index (χ0) is 29.4. The molecule has 0 bridgehead atoms. The van der Waals surface area contributed by atoms with Crippen LogP contribution in [-0.2, 0) is 26.2 Å². The van der Waals surface area contributed by atoms with E-state index in [1.165, 1.54) is 43.3 Å². The Morgan fingerprint density at radius 3 is 2.17 bits per heavy atom. The molecule has 0 fully saturated rings. The Balaban J connectivity index is 2.12. The molecular formula is C29H34ClN3O6S. The predicted molar refractivity (Wildman–Crippen MR) is 155 cm³/mol. The van der Waals surface area contributed by atoms with Gasteiger partial charge in [0.1, 0.15) is 24.1 Å². The fraction of sp³-hybridized carbons (Fsp3) is 0.310. The summed E-state index contributed by atoms with van der Waals surface area (Å²) in [6.45, 7) is 3.10. The summed E-state index contributed by atoms with van der Waals surface area (Å²) in [5.74, 6) is -0.0852. The van der Waals surface area contributed by atoms with E-state index in [1.807, 2.05) is 6.92 Å². The summed E-state index contributed by atoms with van der Waals surface area (Å²) in [6.07, 6.45) is 0.312. The Morgan fingerprint density at radius 1 is 0.975 bits per heavy atom. The fourth-order valence-corrected chi connectivity index (χ4v) is 5.81. The molecule has 0 unspecified atom stereocenters. The molecule has 0 spiro atoms. The lowest BCUT2D eigenvalue weighted by Gasteiger charge is -2.33. The van der Waals surface area contributed by atoms with Gasteiger partial charge < -0.3 is 19.7 Å². The minimum absolute atomic E-state index is 0.00650. The number of hydrogen-bond acceptors (Lipinski definition) is 6. The lowest BCUT2D eigenvalue weighted by Crippen LogP contribution is -2.51. The average molecular weight is 588 g/mol. The summed E-state index contributed by atoms with van der Waals surface area (Å²) >= 11 is 6.26. The summed E-state index contributed by atoms with van der Waals surface area (Å²) in [7, 11) is 0.188. The molecule has 3 aromatic carbocycles. The molecule has 3 rings (SSSR count). The van der Waals surface area contributed by atoms with Crippen LogP contribution >= 0.6 is 11.6 Å². The number of likely N-dealkylation sites (N-methyl/N-ethyl adjacent to an activating group) is 1. The zero-order valence-corrected chi connectivity index (χ0v) is 24.8. The van der Waals surface area contributed by atoms with Gasteiger partial charge in [-0.25, -0.2) is 8.42 Å². The Hall–Kier alpha value is -3.76. The zero-order valence-electron chi connectivity index (χ0n) is 23.2. The largest absolute Gasteiger partial charge is 0.497 e. The van der Waals surface area contributed by atoms with Crippen molar-refractivity contribution in [2.45, 2.75) is 37.8 Å². The number of rotatable bonds is 12. The number of hydrogen-bond donors (Lipinski definition) is 1. The quantitative estimate of drug-likeness (QED) is 0.336. The molecule has 40 heavy (non-hydrogen) atoms. The summed E-state index contributed by atoms with van der Waals surface area (Å²) in [5.41, 5.74) is 1.72. The van der Waals surface area contributed by atoms with Crippen LogP contribution in [0.15, 0.2) is 71.6 Å². The molecule has 3 aromatic rings. The highest BCUT2D eigenvalue weighted by Gasteiger charge is 2.34. The number of carbonyl (C=O) groups excluding carboxylic acids is 2. The molecule has 0 saturated carbocycles. The third-order valence-corrected chi connectivity index (χ3v) is 8.45. The standard InChI is InChI=1S/C29H34ClN3O6S/c1-6-25(29(35)31-3)32(18-21-9-12-23(38-4)13-10-21)28(34)19-33(26-17-22(30)11-16-27(26)39-5)40(36,37)24-14-7-20(2)8-15-24/h7-17,25H,6,18-19H2,1-5H3,(H,31,35)/t25-/m1/s1. The Bertz CT molecular complexity index is 1430. The molecule has 0 saturated heterocycles. The van der Waals surface area contributed by atoms with E-state index >= 15 is 0 Å². The number of aryl methyl sites for hydroxylation is 1. The number of carbonyl (C=O) groups is 2. The minimum Gasteiger partial charge on any atom is -0.497 e. The SMILES string of the molecule is CC[C@H](C(=O)NC)N(Cc1ccc(OC)cc1)C(=O)CN(c1cc(Cl)ccc1OC)S(=O)(=O)c1ccc(C)cc1. The molecule has 1 atom stereocenters. The number of nitrogens with one attached hydrogen (secondary N) is 1. The first-order chi connectivity index (χ1) is 19.0. The van der Waals surface area contributed by atoms with Crippen LogP contribution in [0.2, 0.25) is 5.02 Å². The van der Waals surface area contributed by atoms with Crippen molar-refractivity contribution in [3.05, 3.63) is 82.9 Å². The second kappa shape index (κ2) is 13.5. The van der Waals surface area contributed by atoms with Crippen molar-refractivity contribution in [1.82, 2.24) is 10.2 Å². The molecule has 2 amide bonds. The first-order valence-electron chi connectivity index (χ1n) is 12.6. The second-order valence-electron chi connectivity index (χ2n) is 9.05. The first kappa shape index (κ1) is 30.8. The lowest BCUT2D eigenvalue weighted by molar-refractivity contribution is -0.140. The van der Waals surface area contributed by atoms with E-state index < -0.39 is 28.5 Å². The van der Waals surface area contributed by atoms with Crippen LogP contribution in [0.4, 0.5) is 5.69 Å². The number of methoxy groups -OCH3 is 2. The smallest absolute Gasteiger partial charge is 0.264 e. The fourth-order valence-electron chi connectivity index (χ4n) is 4.22. The van der Waals surface area contributed by atoms with Gasteiger partial charge in [-0.05, 0) is 61.4 Å². The molecular weight excluding hydrogens is 554 g/mol. The highest BCUT2D eigenvalue weighted by atomic mass is 35.5. The Morgan fingerprint density at radius 2 is 1.62 bits per heavy atom. The van der Waals surface area contributed by atoms with Gasteiger partial charge in [0, 0.05) is 18.6 Å². The van der Waals surface area contributed by atoms with Crippen LogP contribution in [0.1, 0.15) is 24.5 Å². The topological polar surface area (TPSA) is 105 Å². The van der Waals surface area contributed by atoms with Crippen molar-refractivity contribution >= 4 is 39.1 Å². The Kier molecular flexibility index (Phi) is 10.4. The van der Waals surface area contributed by atoms with E-state index in [-0.39, 0.29) is 33.8 Å². The first-order valence-corrected chi connectivity index (χ1v) is 14.4.